The van der Waals surface area contributed by atoms with E-state index in [1.54, 1.807) is 12.2 Å². The van der Waals surface area contributed by atoms with E-state index in [4.69, 9.17) is 14.2 Å². The Hall–Kier alpha value is -2.63. The number of para-hydroxylation sites is 1. The third kappa shape index (κ3) is 7.73. The van der Waals surface area contributed by atoms with Crippen LogP contribution < -0.4 is 4.72 Å². The maximum Gasteiger partial charge on any atom is 0.289 e. The number of rotatable bonds is 11. The van der Waals surface area contributed by atoms with Gasteiger partial charge < -0.3 is 14.2 Å². The van der Waals surface area contributed by atoms with Gasteiger partial charge in [0.25, 0.3) is 5.69 Å². The lowest BCUT2D eigenvalue weighted by atomic mass is 9.75. The van der Waals surface area contributed by atoms with Crippen molar-refractivity contribution in [2.75, 3.05) is 6.61 Å². The maximum absolute atomic E-state index is 13.2. The van der Waals surface area contributed by atoms with Crippen molar-refractivity contribution in [2.45, 2.75) is 76.1 Å². The summed E-state index contributed by atoms with van der Waals surface area (Å²) in [6.45, 7) is 7.08. The van der Waals surface area contributed by atoms with E-state index in [0.717, 1.165) is 18.4 Å². The lowest BCUT2D eigenvalue weighted by Crippen LogP contribution is -2.50. The minimum absolute atomic E-state index is 0.0366. The topological polar surface area (TPSA) is 117 Å². The van der Waals surface area contributed by atoms with Gasteiger partial charge in [-0.3, -0.25) is 10.1 Å². The Morgan fingerprint density at radius 3 is 2.51 bits per heavy atom. The quantitative estimate of drug-likeness (QED) is 0.228. The summed E-state index contributed by atoms with van der Waals surface area (Å²) in [7, 11) is -4.24. The average Bonchev–Trinajstić information content (AvgIpc) is 2.90. The van der Waals surface area contributed by atoms with E-state index < -0.39 is 44.0 Å². The van der Waals surface area contributed by atoms with Crippen LogP contribution in [0.4, 0.5) is 5.69 Å². The van der Waals surface area contributed by atoms with Crippen molar-refractivity contribution in [1.29, 1.82) is 0 Å². The van der Waals surface area contributed by atoms with Crippen LogP contribution in [0, 0.1) is 27.9 Å². The minimum atomic E-state index is -4.24. The Bertz CT molecular complexity index is 1240. The first-order valence-corrected chi connectivity index (χ1v) is 15.0. The van der Waals surface area contributed by atoms with Gasteiger partial charge in [-0.2, -0.15) is 0 Å². The molecule has 2 aromatic carbocycles. The normalized spacial score (nSPS) is 27.5. The Kier molecular flexibility index (Phi) is 9.90. The summed E-state index contributed by atoms with van der Waals surface area (Å²) in [5.41, 5.74) is 0.486. The molecule has 6 atom stereocenters. The molecule has 212 valence electrons. The second kappa shape index (κ2) is 13.1. The highest BCUT2D eigenvalue weighted by atomic mass is 32.2. The number of nitrogens with one attached hydrogen (secondary N) is 1. The number of nitro benzene ring substituents is 1. The number of nitrogens with zero attached hydrogens (tertiary/aromatic N) is 1. The van der Waals surface area contributed by atoms with E-state index in [1.807, 2.05) is 30.3 Å². The van der Waals surface area contributed by atoms with Gasteiger partial charge in [0, 0.05) is 6.07 Å². The molecule has 0 unspecified atom stereocenters. The summed E-state index contributed by atoms with van der Waals surface area (Å²) in [4.78, 5) is 10.4. The zero-order valence-electron chi connectivity index (χ0n) is 22.6. The van der Waals surface area contributed by atoms with E-state index in [2.05, 4.69) is 25.5 Å². The predicted octanol–water partition coefficient (Wildman–Crippen LogP) is 5.22. The van der Waals surface area contributed by atoms with Crippen LogP contribution in [0.2, 0.25) is 0 Å². The number of nitro groups is 1. The molecule has 0 bridgehead atoms. The number of hydrogen-bond acceptors (Lipinski definition) is 7. The zero-order chi connectivity index (χ0) is 28.0. The van der Waals surface area contributed by atoms with Crippen molar-refractivity contribution in [3.05, 3.63) is 82.4 Å². The van der Waals surface area contributed by atoms with Gasteiger partial charge in [0.05, 0.1) is 30.3 Å². The summed E-state index contributed by atoms with van der Waals surface area (Å²) in [6, 6.07) is 14.1. The molecule has 2 aromatic rings. The molecular weight excluding hydrogens is 520 g/mol. The standard InChI is InChI=1S/C29H38N2O7S/c1-20(2)23-14-13-21(3)17-26(23)37-29-16-15-24(27(38-29)19-36-18-22-9-5-4-6-10-22)30-39(34,35)28-12-8-7-11-25(28)31(32)33/h4-12,15-16,20-21,23-24,26-27,29-30H,13-14,17-19H2,1-3H3/t21-,23+,24+,26-,27-,29+/m1/s1. The lowest BCUT2D eigenvalue weighted by Gasteiger charge is -2.40. The fraction of sp³-hybridized carbons (Fsp3) is 0.517. The molecule has 0 saturated heterocycles. The molecule has 1 fully saturated rings. The lowest BCUT2D eigenvalue weighted by molar-refractivity contribution is -0.387. The number of benzene rings is 2. The first kappa shape index (κ1) is 29.4. The van der Waals surface area contributed by atoms with Crippen molar-refractivity contribution in [1.82, 2.24) is 4.72 Å². The van der Waals surface area contributed by atoms with Crippen LogP contribution in [0.1, 0.15) is 45.6 Å². The van der Waals surface area contributed by atoms with Gasteiger partial charge in [-0.1, -0.05) is 75.7 Å². The molecule has 0 spiro atoms. The molecule has 9 nitrogen and oxygen atoms in total. The van der Waals surface area contributed by atoms with Gasteiger partial charge in [0.2, 0.25) is 10.0 Å². The summed E-state index contributed by atoms with van der Waals surface area (Å²) in [5.74, 6) is 1.45. The van der Waals surface area contributed by atoms with E-state index in [0.29, 0.717) is 24.4 Å². The summed E-state index contributed by atoms with van der Waals surface area (Å²) in [5, 5.41) is 11.5. The molecule has 1 heterocycles. The molecule has 0 aromatic heterocycles. The second-order valence-electron chi connectivity index (χ2n) is 10.8. The minimum Gasteiger partial charge on any atom is -0.374 e. The van der Waals surface area contributed by atoms with Crippen LogP contribution in [0.25, 0.3) is 0 Å². The van der Waals surface area contributed by atoms with Gasteiger partial charge in [0.15, 0.2) is 11.2 Å². The Morgan fingerprint density at radius 2 is 1.79 bits per heavy atom. The molecule has 1 N–H and O–H groups in total. The van der Waals surface area contributed by atoms with Crippen LogP contribution >= 0.6 is 0 Å². The Morgan fingerprint density at radius 1 is 1.08 bits per heavy atom. The van der Waals surface area contributed by atoms with Crippen molar-refractivity contribution in [2.24, 2.45) is 17.8 Å². The molecule has 1 saturated carbocycles. The Balaban J connectivity index is 1.52. The van der Waals surface area contributed by atoms with E-state index in [9.17, 15) is 18.5 Å². The predicted molar refractivity (Wildman–Crippen MR) is 147 cm³/mol. The second-order valence-corrected chi connectivity index (χ2v) is 12.5. The van der Waals surface area contributed by atoms with Crippen LogP contribution in [-0.4, -0.2) is 44.5 Å². The summed E-state index contributed by atoms with van der Waals surface area (Å²) < 4.78 is 47.7. The zero-order valence-corrected chi connectivity index (χ0v) is 23.5. The van der Waals surface area contributed by atoms with Crippen molar-refractivity contribution >= 4 is 15.7 Å². The van der Waals surface area contributed by atoms with Crippen molar-refractivity contribution in [3.8, 4) is 0 Å². The van der Waals surface area contributed by atoms with Gasteiger partial charge in [-0.25, -0.2) is 13.1 Å². The molecular formula is C29H38N2O7S. The third-order valence-electron chi connectivity index (χ3n) is 7.49. The number of hydrogen-bond donors (Lipinski definition) is 1. The van der Waals surface area contributed by atoms with E-state index in [-0.39, 0.29) is 12.7 Å². The molecule has 0 amide bonds. The SMILES string of the molecule is CC(C)[C@@H]1CC[C@@H](C)C[C@H]1O[C@@H]1C=C[C@H](NS(=O)(=O)c2ccccc2[N+](=O)[O-])[C@@H](COCc2ccccc2)O1. The highest BCUT2D eigenvalue weighted by Crippen LogP contribution is 2.36. The highest BCUT2D eigenvalue weighted by molar-refractivity contribution is 7.89. The highest BCUT2D eigenvalue weighted by Gasteiger charge is 2.37. The maximum atomic E-state index is 13.2. The monoisotopic (exact) mass is 558 g/mol. The molecule has 0 radical (unpaired) electrons. The fourth-order valence-electron chi connectivity index (χ4n) is 5.36. The van der Waals surface area contributed by atoms with Gasteiger partial charge in [-0.15, -0.1) is 0 Å². The molecule has 1 aliphatic carbocycles. The molecule has 39 heavy (non-hydrogen) atoms. The molecule has 1 aliphatic heterocycles. The van der Waals surface area contributed by atoms with Gasteiger partial charge in [0.1, 0.15) is 6.10 Å². The van der Waals surface area contributed by atoms with Crippen LogP contribution in [0.3, 0.4) is 0 Å². The smallest absolute Gasteiger partial charge is 0.289 e. The largest absolute Gasteiger partial charge is 0.374 e. The van der Waals surface area contributed by atoms with Gasteiger partial charge in [-0.05, 0) is 48.3 Å². The van der Waals surface area contributed by atoms with Crippen LogP contribution in [0.15, 0.2) is 71.6 Å². The van der Waals surface area contributed by atoms with Gasteiger partial charge >= 0.3 is 0 Å². The van der Waals surface area contributed by atoms with Crippen molar-refractivity contribution in [3.63, 3.8) is 0 Å². The molecule has 10 heteroatoms. The third-order valence-corrected chi connectivity index (χ3v) is 9.00. The van der Waals surface area contributed by atoms with E-state index >= 15 is 0 Å². The number of sulfonamides is 1. The van der Waals surface area contributed by atoms with E-state index in [1.165, 1.54) is 30.7 Å². The average molecular weight is 559 g/mol. The summed E-state index contributed by atoms with van der Waals surface area (Å²) >= 11 is 0. The fourth-order valence-corrected chi connectivity index (χ4v) is 6.75. The summed E-state index contributed by atoms with van der Waals surface area (Å²) in [6.07, 6.45) is 5.31. The van der Waals surface area contributed by atoms with Crippen LogP contribution in [-0.2, 0) is 30.8 Å². The molecule has 4 rings (SSSR count). The van der Waals surface area contributed by atoms with Crippen molar-refractivity contribution < 1.29 is 27.6 Å². The Labute approximate surface area is 230 Å². The number of ether oxygens (including phenoxy) is 3. The first-order chi connectivity index (χ1) is 18.6. The van der Waals surface area contributed by atoms with Crippen LogP contribution in [0.5, 0.6) is 0 Å². The first-order valence-electron chi connectivity index (χ1n) is 13.5. The molecule has 2 aliphatic rings.